The average molecular weight is 491 g/mol. The van der Waals surface area contributed by atoms with E-state index >= 15 is 0 Å². The van der Waals surface area contributed by atoms with Crippen molar-refractivity contribution in [3.8, 4) is 5.75 Å². The number of imide groups is 1. The molecule has 0 bridgehead atoms. The van der Waals surface area contributed by atoms with Crippen LogP contribution >= 0.6 is 0 Å². The van der Waals surface area contributed by atoms with E-state index < -0.39 is 11.6 Å². The molecule has 8 nitrogen and oxygen atoms in total. The summed E-state index contributed by atoms with van der Waals surface area (Å²) in [4.78, 5) is 36.7. The quantitative estimate of drug-likeness (QED) is 0.448. The summed E-state index contributed by atoms with van der Waals surface area (Å²) in [6.07, 6.45) is 1.10. The molecule has 0 saturated carbocycles. The number of aromatic nitrogens is 1. The van der Waals surface area contributed by atoms with Crippen LogP contribution in [0.3, 0.4) is 0 Å². The highest BCUT2D eigenvalue weighted by atomic mass is 16.5. The van der Waals surface area contributed by atoms with Crippen LogP contribution in [0.25, 0.3) is 10.9 Å². The molecule has 2 atom stereocenters. The number of carbonyl (C=O) groups is 2. The molecule has 2 aromatic carbocycles. The van der Waals surface area contributed by atoms with Crippen LogP contribution in [-0.4, -0.2) is 82.2 Å². The maximum absolute atomic E-state index is 13.9. The van der Waals surface area contributed by atoms with E-state index in [1.165, 1.54) is 4.90 Å². The first-order valence-corrected chi connectivity index (χ1v) is 12.6. The summed E-state index contributed by atoms with van der Waals surface area (Å²) in [6, 6.07) is 15.2. The molecule has 3 aromatic rings. The van der Waals surface area contributed by atoms with E-state index in [1.54, 1.807) is 12.0 Å². The maximum Gasteiger partial charge on any atom is 0.328 e. The van der Waals surface area contributed by atoms with Crippen LogP contribution in [-0.2, 0) is 11.2 Å². The third kappa shape index (κ3) is 3.85. The number of fused-ring (bicyclic) bond motifs is 4. The Balaban J connectivity index is 1.54. The second kappa shape index (κ2) is 9.59. The molecule has 2 aliphatic heterocycles. The highest BCUT2D eigenvalue weighted by molar-refractivity contribution is 6.08. The first kappa shape index (κ1) is 24.3. The van der Waals surface area contributed by atoms with Crippen LogP contribution in [0.4, 0.5) is 4.79 Å². The molecular formula is C28H34N4O4. The number of hydrogen-bond acceptors (Lipinski definition) is 5. The lowest BCUT2D eigenvalue weighted by molar-refractivity contribution is -0.133. The van der Waals surface area contributed by atoms with Gasteiger partial charge in [0.15, 0.2) is 0 Å². The number of methoxy groups -OCH3 is 1. The number of aliphatic hydroxyl groups excluding tert-OH is 1. The van der Waals surface area contributed by atoms with E-state index in [0.29, 0.717) is 25.9 Å². The van der Waals surface area contributed by atoms with E-state index in [1.807, 2.05) is 62.4 Å². The van der Waals surface area contributed by atoms with Crippen LogP contribution in [0.15, 0.2) is 48.5 Å². The molecule has 190 valence electrons. The van der Waals surface area contributed by atoms with Crippen LogP contribution in [0.2, 0.25) is 0 Å². The molecular weight excluding hydrogens is 456 g/mol. The van der Waals surface area contributed by atoms with E-state index in [-0.39, 0.29) is 18.5 Å². The van der Waals surface area contributed by atoms with E-state index in [0.717, 1.165) is 46.6 Å². The van der Waals surface area contributed by atoms with Crippen molar-refractivity contribution in [3.63, 3.8) is 0 Å². The Morgan fingerprint density at radius 1 is 1.17 bits per heavy atom. The lowest BCUT2D eigenvalue weighted by atomic mass is 9.81. The molecule has 8 heteroatoms. The summed E-state index contributed by atoms with van der Waals surface area (Å²) in [7, 11) is 1.65. The average Bonchev–Trinajstić information content (AvgIpc) is 3.34. The topological polar surface area (TPSA) is 89.1 Å². The summed E-state index contributed by atoms with van der Waals surface area (Å²) in [5.41, 5.74) is 2.95. The fourth-order valence-electron chi connectivity index (χ4n) is 5.82. The monoisotopic (exact) mass is 490 g/mol. The summed E-state index contributed by atoms with van der Waals surface area (Å²) < 4.78 is 5.48. The molecule has 0 unspecified atom stereocenters. The van der Waals surface area contributed by atoms with Crippen molar-refractivity contribution in [3.05, 3.63) is 65.4 Å². The van der Waals surface area contributed by atoms with Crippen LogP contribution in [0, 0.1) is 0 Å². The normalized spacial score (nSPS) is 21.4. The maximum atomic E-state index is 13.9. The molecule has 0 spiro atoms. The number of aliphatic hydroxyl groups is 1. The Morgan fingerprint density at radius 3 is 2.64 bits per heavy atom. The number of rotatable bonds is 9. The largest absolute Gasteiger partial charge is 0.497 e. The molecule has 3 amide bonds. The van der Waals surface area contributed by atoms with Crippen molar-refractivity contribution in [1.82, 2.24) is 19.7 Å². The molecule has 2 aliphatic rings. The molecule has 0 aliphatic carbocycles. The summed E-state index contributed by atoms with van der Waals surface area (Å²) in [6.45, 7) is 6.51. The second-order valence-electron chi connectivity index (χ2n) is 9.81. The molecule has 1 saturated heterocycles. The predicted octanol–water partition coefficient (Wildman–Crippen LogP) is 3.55. The van der Waals surface area contributed by atoms with E-state index in [9.17, 15) is 14.7 Å². The van der Waals surface area contributed by atoms with Gasteiger partial charge in [0.05, 0.1) is 13.7 Å². The minimum atomic E-state index is -0.988. The standard InChI is InChI=1S/C28H34N4O4/c1-4-30(15-16-33)13-8-14-31-26(34)28(2)18-22-21-17-20(36-3)11-12-23(21)29-24(22)25(32(28)27(31)35)19-9-6-5-7-10-19/h5-7,9-12,17,25,29,33H,4,8,13-16,18H2,1-3H3/t25-,28+/m1/s1. The first-order valence-electron chi connectivity index (χ1n) is 12.6. The SMILES string of the molecule is CCN(CCO)CCCN1C(=O)N2[C@H](c3ccccc3)c3[nH]c4ccc(OC)cc4c3C[C@@]2(C)C1=O. The minimum absolute atomic E-state index is 0.0938. The van der Waals surface area contributed by atoms with Gasteiger partial charge < -0.3 is 19.7 Å². The number of carbonyl (C=O) groups excluding carboxylic acids is 2. The van der Waals surface area contributed by atoms with Crippen molar-refractivity contribution in [1.29, 1.82) is 0 Å². The zero-order valence-corrected chi connectivity index (χ0v) is 21.2. The number of ether oxygens (including phenoxy) is 1. The molecule has 36 heavy (non-hydrogen) atoms. The number of nitrogens with zero attached hydrogens (tertiary/aromatic N) is 3. The highest BCUT2D eigenvalue weighted by Crippen LogP contribution is 2.49. The number of urea groups is 1. The third-order valence-electron chi connectivity index (χ3n) is 7.71. The van der Waals surface area contributed by atoms with Gasteiger partial charge in [-0.2, -0.15) is 0 Å². The Morgan fingerprint density at radius 2 is 1.94 bits per heavy atom. The number of H-pyrrole nitrogens is 1. The molecule has 2 N–H and O–H groups in total. The van der Waals surface area contributed by atoms with Crippen molar-refractivity contribution in [2.24, 2.45) is 0 Å². The number of benzene rings is 2. The van der Waals surface area contributed by atoms with Gasteiger partial charge in [-0.1, -0.05) is 37.3 Å². The smallest absolute Gasteiger partial charge is 0.328 e. The van der Waals surface area contributed by atoms with Gasteiger partial charge in [0.25, 0.3) is 5.91 Å². The Labute approximate surface area is 211 Å². The molecule has 3 heterocycles. The fraction of sp³-hybridized carbons (Fsp3) is 0.429. The second-order valence-corrected chi connectivity index (χ2v) is 9.81. The third-order valence-corrected chi connectivity index (χ3v) is 7.71. The van der Waals surface area contributed by atoms with Gasteiger partial charge in [-0.3, -0.25) is 14.6 Å². The van der Waals surface area contributed by atoms with Crippen LogP contribution < -0.4 is 4.74 Å². The zero-order valence-electron chi connectivity index (χ0n) is 21.2. The Kier molecular flexibility index (Phi) is 6.49. The highest BCUT2D eigenvalue weighted by Gasteiger charge is 2.59. The lowest BCUT2D eigenvalue weighted by Gasteiger charge is -2.42. The molecule has 1 fully saturated rings. The van der Waals surface area contributed by atoms with Gasteiger partial charge in [-0.05, 0) is 55.8 Å². The van der Waals surface area contributed by atoms with Gasteiger partial charge in [0.2, 0.25) is 0 Å². The van der Waals surface area contributed by atoms with Gasteiger partial charge >= 0.3 is 6.03 Å². The van der Waals surface area contributed by atoms with Crippen molar-refractivity contribution in [2.45, 2.75) is 38.3 Å². The summed E-state index contributed by atoms with van der Waals surface area (Å²) in [5.74, 6) is 0.605. The molecule has 5 rings (SSSR count). The van der Waals surface area contributed by atoms with Gasteiger partial charge in [-0.25, -0.2) is 4.79 Å². The zero-order chi connectivity index (χ0) is 25.4. The first-order chi connectivity index (χ1) is 17.4. The summed E-state index contributed by atoms with van der Waals surface area (Å²) in [5, 5.41) is 10.3. The van der Waals surface area contributed by atoms with Gasteiger partial charge in [0.1, 0.15) is 17.3 Å². The van der Waals surface area contributed by atoms with Gasteiger partial charge in [-0.15, -0.1) is 0 Å². The number of amides is 3. The number of nitrogens with one attached hydrogen (secondary N) is 1. The van der Waals surface area contributed by atoms with Crippen LogP contribution in [0.5, 0.6) is 5.75 Å². The fourth-order valence-corrected chi connectivity index (χ4v) is 5.82. The number of likely N-dealkylation sites (N-methyl/N-ethyl adjacent to an activating group) is 1. The summed E-state index contributed by atoms with van der Waals surface area (Å²) >= 11 is 0. The Bertz CT molecular complexity index is 1270. The van der Waals surface area contributed by atoms with Crippen molar-refractivity contribution in [2.75, 3.05) is 39.9 Å². The van der Waals surface area contributed by atoms with E-state index in [4.69, 9.17) is 4.74 Å². The van der Waals surface area contributed by atoms with Crippen LogP contribution in [0.1, 0.15) is 43.1 Å². The Hall–Kier alpha value is -3.36. The number of aromatic amines is 1. The molecule has 0 radical (unpaired) electrons. The van der Waals surface area contributed by atoms with E-state index in [2.05, 4.69) is 9.88 Å². The minimum Gasteiger partial charge on any atom is -0.497 e. The number of hydrogen-bond donors (Lipinski definition) is 2. The van der Waals surface area contributed by atoms with Crippen molar-refractivity contribution < 1.29 is 19.4 Å². The van der Waals surface area contributed by atoms with Gasteiger partial charge in [0, 0.05) is 36.1 Å². The van der Waals surface area contributed by atoms with Crippen molar-refractivity contribution >= 4 is 22.8 Å². The predicted molar refractivity (Wildman–Crippen MR) is 138 cm³/mol. The molecule has 1 aromatic heterocycles. The lowest BCUT2D eigenvalue weighted by Crippen LogP contribution is -2.53.